The average molecular weight is 270 g/mol. The Morgan fingerprint density at radius 3 is 2.93 bits per heavy atom. The van der Waals surface area contributed by atoms with Crippen LogP contribution in [-0.4, -0.2) is 15.2 Å². The molecule has 1 heterocycles. The van der Waals surface area contributed by atoms with Gasteiger partial charge in [0.2, 0.25) is 11.7 Å². The standard InChI is InChI=1S/C9H8BrN3O2/c10-6-3-1-2-5(8(6)14)9-12-7(4-11)15-13-9/h1-3,14H,4,11H2. The molecule has 15 heavy (non-hydrogen) atoms. The van der Waals surface area contributed by atoms with Gasteiger partial charge in [0.25, 0.3) is 0 Å². The predicted octanol–water partition coefficient (Wildman–Crippen LogP) is 1.66. The number of benzene rings is 1. The lowest BCUT2D eigenvalue weighted by molar-refractivity contribution is 0.380. The van der Waals surface area contributed by atoms with Crippen LogP contribution >= 0.6 is 15.9 Å². The molecule has 2 aromatic rings. The van der Waals surface area contributed by atoms with Crippen molar-refractivity contribution in [3.8, 4) is 17.1 Å². The molecule has 0 saturated carbocycles. The topological polar surface area (TPSA) is 85.2 Å². The fraction of sp³-hybridized carbons (Fsp3) is 0.111. The molecule has 0 aliphatic rings. The zero-order valence-corrected chi connectivity index (χ0v) is 9.23. The van der Waals surface area contributed by atoms with E-state index in [-0.39, 0.29) is 12.3 Å². The fourth-order valence-electron chi connectivity index (χ4n) is 1.14. The van der Waals surface area contributed by atoms with E-state index in [0.29, 0.717) is 21.8 Å². The predicted molar refractivity (Wildman–Crippen MR) is 57.0 cm³/mol. The maximum absolute atomic E-state index is 9.73. The molecule has 0 amide bonds. The molecule has 1 aromatic carbocycles. The summed E-state index contributed by atoms with van der Waals surface area (Å²) >= 11 is 3.21. The summed E-state index contributed by atoms with van der Waals surface area (Å²) in [6.07, 6.45) is 0. The van der Waals surface area contributed by atoms with Gasteiger partial charge in [-0.1, -0.05) is 11.2 Å². The molecule has 0 spiro atoms. The number of para-hydroxylation sites is 1. The van der Waals surface area contributed by atoms with Crippen molar-refractivity contribution in [2.45, 2.75) is 6.54 Å². The lowest BCUT2D eigenvalue weighted by Gasteiger charge is -2.00. The molecule has 0 atom stereocenters. The Hall–Kier alpha value is -1.40. The Balaban J connectivity index is 2.49. The third-order valence-corrected chi connectivity index (χ3v) is 2.51. The van der Waals surface area contributed by atoms with Gasteiger partial charge in [-0.2, -0.15) is 4.98 Å². The Bertz CT molecular complexity index is 484. The molecule has 78 valence electrons. The molecule has 1 aromatic heterocycles. The molecular weight excluding hydrogens is 262 g/mol. The molecule has 0 unspecified atom stereocenters. The van der Waals surface area contributed by atoms with E-state index in [1.54, 1.807) is 18.2 Å². The van der Waals surface area contributed by atoms with Crippen LogP contribution in [0.1, 0.15) is 5.89 Å². The number of halogens is 1. The van der Waals surface area contributed by atoms with Gasteiger partial charge in [0, 0.05) is 0 Å². The summed E-state index contributed by atoms with van der Waals surface area (Å²) in [6, 6.07) is 5.20. The van der Waals surface area contributed by atoms with Crippen LogP contribution in [0.25, 0.3) is 11.4 Å². The number of nitrogens with two attached hydrogens (primary N) is 1. The van der Waals surface area contributed by atoms with Gasteiger partial charge in [0.15, 0.2) is 0 Å². The van der Waals surface area contributed by atoms with E-state index in [4.69, 9.17) is 10.3 Å². The lowest BCUT2D eigenvalue weighted by Crippen LogP contribution is -1.95. The van der Waals surface area contributed by atoms with E-state index in [0.717, 1.165) is 0 Å². The summed E-state index contributed by atoms with van der Waals surface area (Å²) in [6.45, 7) is 0.182. The molecule has 3 N–H and O–H groups in total. The minimum Gasteiger partial charge on any atom is -0.506 e. The maximum atomic E-state index is 9.73. The molecule has 0 radical (unpaired) electrons. The van der Waals surface area contributed by atoms with Crippen LogP contribution in [0.4, 0.5) is 0 Å². The first-order valence-corrected chi connectivity index (χ1v) is 5.02. The van der Waals surface area contributed by atoms with Gasteiger partial charge in [-0.15, -0.1) is 0 Å². The van der Waals surface area contributed by atoms with E-state index < -0.39 is 0 Å². The summed E-state index contributed by atoms with van der Waals surface area (Å²) in [5, 5.41) is 13.4. The first-order chi connectivity index (χ1) is 7.22. The lowest BCUT2D eigenvalue weighted by atomic mass is 10.2. The normalized spacial score (nSPS) is 10.5. The minimum absolute atomic E-state index is 0.0851. The zero-order valence-electron chi connectivity index (χ0n) is 7.64. The second-order valence-electron chi connectivity index (χ2n) is 2.85. The number of nitrogens with zero attached hydrogens (tertiary/aromatic N) is 2. The van der Waals surface area contributed by atoms with E-state index in [1.165, 1.54) is 0 Å². The van der Waals surface area contributed by atoms with Gasteiger partial charge in [0.05, 0.1) is 16.6 Å². The van der Waals surface area contributed by atoms with Crippen molar-refractivity contribution in [3.63, 3.8) is 0 Å². The molecule has 5 nitrogen and oxygen atoms in total. The fourth-order valence-corrected chi connectivity index (χ4v) is 1.51. The van der Waals surface area contributed by atoms with Crippen LogP contribution in [0.2, 0.25) is 0 Å². The van der Waals surface area contributed by atoms with Crippen LogP contribution < -0.4 is 5.73 Å². The highest BCUT2D eigenvalue weighted by Gasteiger charge is 2.12. The summed E-state index contributed by atoms with van der Waals surface area (Å²) in [4.78, 5) is 4.02. The van der Waals surface area contributed by atoms with Gasteiger partial charge >= 0.3 is 0 Å². The first kappa shape index (κ1) is 10.1. The molecule has 2 rings (SSSR count). The smallest absolute Gasteiger partial charge is 0.240 e. The number of rotatable bonds is 2. The van der Waals surface area contributed by atoms with Crippen molar-refractivity contribution in [2.24, 2.45) is 5.73 Å². The molecule has 0 aliphatic heterocycles. The van der Waals surface area contributed by atoms with Crippen molar-refractivity contribution in [1.29, 1.82) is 0 Å². The Labute approximate surface area is 94.0 Å². The van der Waals surface area contributed by atoms with Crippen LogP contribution in [0, 0.1) is 0 Å². The second kappa shape index (κ2) is 4.00. The van der Waals surface area contributed by atoms with Crippen molar-refractivity contribution in [3.05, 3.63) is 28.6 Å². The molecule has 0 aliphatic carbocycles. The van der Waals surface area contributed by atoms with Crippen molar-refractivity contribution >= 4 is 15.9 Å². The quantitative estimate of drug-likeness (QED) is 0.866. The Kier molecular flexibility index (Phi) is 2.70. The molecule has 6 heteroatoms. The number of hydrogen-bond acceptors (Lipinski definition) is 5. The number of aromatic hydroxyl groups is 1. The van der Waals surface area contributed by atoms with E-state index in [9.17, 15) is 5.11 Å². The van der Waals surface area contributed by atoms with E-state index in [2.05, 4.69) is 26.1 Å². The van der Waals surface area contributed by atoms with E-state index in [1.807, 2.05) is 0 Å². The molecule has 0 bridgehead atoms. The van der Waals surface area contributed by atoms with Gasteiger partial charge < -0.3 is 15.4 Å². The Morgan fingerprint density at radius 2 is 2.27 bits per heavy atom. The van der Waals surface area contributed by atoms with Crippen LogP contribution in [0.15, 0.2) is 27.2 Å². The summed E-state index contributed by atoms with van der Waals surface area (Å²) < 4.78 is 5.43. The molecule has 0 saturated heterocycles. The van der Waals surface area contributed by atoms with Crippen LogP contribution in [0.3, 0.4) is 0 Å². The van der Waals surface area contributed by atoms with Gasteiger partial charge in [0.1, 0.15) is 5.75 Å². The zero-order chi connectivity index (χ0) is 10.8. The summed E-state index contributed by atoms with van der Waals surface area (Å²) in [5.74, 6) is 0.750. The minimum atomic E-state index is 0.0851. The largest absolute Gasteiger partial charge is 0.506 e. The number of aromatic nitrogens is 2. The number of phenols is 1. The first-order valence-electron chi connectivity index (χ1n) is 4.23. The highest BCUT2D eigenvalue weighted by molar-refractivity contribution is 9.10. The summed E-state index contributed by atoms with van der Waals surface area (Å²) in [7, 11) is 0. The van der Waals surface area contributed by atoms with Crippen molar-refractivity contribution in [1.82, 2.24) is 10.1 Å². The van der Waals surface area contributed by atoms with Crippen molar-refractivity contribution < 1.29 is 9.63 Å². The highest BCUT2D eigenvalue weighted by atomic mass is 79.9. The maximum Gasteiger partial charge on any atom is 0.240 e. The second-order valence-corrected chi connectivity index (χ2v) is 3.71. The third-order valence-electron chi connectivity index (χ3n) is 1.87. The van der Waals surface area contributed by atoms with Gasteiger partial charge in [-0.05, 0) is 28.1 Å². The van der Waals surface area contributed by atoms with Crippen molar-refractivity contribution in [2.75, 3.05) is 0 Å². The highest BCUT2D eigenvalue weighted by Crippen LogP contribution is 2.33. The Morgan fingerprint density at radius 1 is 1.47 bits per heavy atom. The van der Waals surface area contributed by atoms with Crippen LogP contribution in [0.5, 0.6) is 5.75 Å². The summed E-state index contributed by atoms with van der Waals surface area (Å²) in [5.41, 5.74) is 5.85. The third kappa shape index (κ3) is 1.86. The van der Waals surface area contributed by atoms with E-state index >= 15 is 0 Å². The van der Waals surface area contributed by atoms with Gasteiger partial charge in [-0.3, -0.25) is 0 Å². The monoisotopic (exact) mass is 269 g/mol. The molecular formula is C9H8BrN3O2. The number of hydrogen-bond donors (Lipinski definition) is 2. The van der Waals surface area contributed by atoms with Gasteiger partial charge in [-0.25, -0.2) is 0 Å². The number of phenolic OH excluding ortho intramolecular Hbond substituents is 1. The average Bonchev–Trinajstić information content (AvgIpc) is 2.70. The van der Waals surface area contributed by atoms with Crippen LogP contribution in [-0.2, 0) is 6.54 Å². The SMILES string of the molecule is NCc1nc(-c2cccc(Br)c2O)no1. The molecule has 0 fully saturated rings.